The van der Waals surface area contributed by atoms with Crippen LogP contribution < -0.4 is 0 Å². The highest BCUT2D eigenvalue weighted by Crippen LogP contribution is 2.34. The van der Waals surface area contributed by atoms with Crippen LogP contribution in [-0.4, -0.2) is 35.7 Å². The second-order valence-electron chi connectivity index (χ2n) is 6.58. The lowest BCUT2D eigenvalue weighted by atomic mass is 9.88. The number of nitrogens with zero attached hydrogens (tertiary/aromatic N) is 1. The van der Waals surface area contributed by atoms with Crippen LogP contribution in [0.1, 0.15) is 59.3 Å². The zero-order valence-electron chi connectivity index (χ0n) is 12.2. The first-order valence-electron chi connectivity index (χ1n) is 7.42. The first-order valence-corrected chi connectivity index (χ1v) is 7.42. The summed E-state index contributed by atoms with van der Waals surface area (Å²) in [6, 6.07) is 0. The maximum absolute atomic E-state index is 6.16. The van der Waals surface area contributed by atoms with Gasteiger partial charge in [0, 0.05) is 0 Å². The van der Waals surface area contributed by atoms with Gasteiger partial charge in [-0.25, -0.2) is 0 Å². The average molecular weight is 249 g/mol. The second-order valence-corrected chi connectivity index (χ2v) is 6.58. The first kappa shape index (κ1) is 13.9. The summed E-state index contributed by atoms with van der Waals surface area (Å²) < 4.78 is 6.16. The molecule has 1 atom stereocenters. The van der Waals surface area contributed by atoms with Crippen LogP contribution in [0.3, 0.4) is 0 Å². The molecule has 2 heterocycles. The van der Waals surface area contributed by atoms with Crippen LogP contribution in [0.4, 0.5) is 0 Å². The summed E-state index contributed by atoms with van der Waals surface area (Å²) >= 11 is 0. The van der Waals surface area contributed by atoms with Crippen molar-refractivity contribution in [3.05, 3.63) is 0 Å². The molecule has 102 valence electrons. The number of rotatable bonds is 1. The molecule has 0 saturated carbocycles. The fourth-order valence-corrected chi connectivity index (χ4v) is 3.11. The third-order valence-corrected chi connectivity index (χ3v) is 4.04. The van der Waals surface area contributed by atoms with Crippen molar-refractivity contribution < 1.29 is 4.74 Å². The fourth-order valence-electron chi connectivity index (χ4n) is 3.11. The van der Waals surface area contributed by atoms with Crippen molar-refractivity contribution in [1.29, 1.82) is 0 Å². The molecule has 18 heavy (non-hydrogen) atoms. The lowest BCUT2D eigenvalue weighted by Crippen LogP contribution is -2.42. The molecule has 0 aromatic heterocycles. The van der Waals surface area contributed by atoms with Crippen LogP contribution in [0.2, 0.25) is 0 Å². The summed E-state index contributed by atoms with van der Waals surface area (Å²) in [6.45, 7) is 9.86. The molecule has 2 heteroatoms. The van der Waals surface area contributed by atoms with Crippen LogP contribution in [0.5, 0.6) is 0 Å². The van der Waals surface area contributed by atoms with Crippen LogP contribution >= 0.6 is 0 Å². The van der Waals surface area contributed by atoms with E-state index in [1.54, 1.807) is 0 Å². The zero-order valence-corrected chi connectivity index (χ0v) is 12.2. The maximum Gasteiger partial charge on any atom is 0.126 e. The third-order valence-electron chi connectivity index (χ3n) is 4.04. The van der Waals surface area contributed by atoms with E-state index in [0.717, 1.165) is 19.4 Å². The molecular formula is C16H27NO. The maximum atomic E-state index is 6.16. The highest BCUT2D eigenvalue weighted by Gasteiger charge is 2.35. The van der Waals surface area contributed by atoms with Gasteiger partial charge >= 0.3 is 0 Å². The Bertz CT molecular complexity index is 333. The van der Waals surface area contributed by atoms with Gasteiger partial charge in [-0.05, 0) is 66.0 Å². The van der Waals surface area contributed by atoms with Crippen LogP contribution in [0, 0.1) is 11.8 Å². The SMILES string of the molecule is CC1(C)CCC[C@@](C)(C#CCN2CCCCC2)O1. The highest BCUT2D eigenvalue weighted by atomic mass is 16.5. The van der Waals surface area contributed by atoms with E-state index in [1.807, 2.05) is 0 Å². The molecule has 2 rings (SSSR count). The minimum absolute atomic E-state index is 0.00714. The first-order chi connectivity index (χ1) is 8.49. The molecule has 0 unspecified atom stereocenters. The highest BCUT2D eigenvalue weighted by molar-refractivity contribution is 5.15. The largest absolute Gasteiger partial charge is 0.357 e. The molecular weight excluding hydrogens is 222 g/mol. The van der Waals surface area contributed by atoms with Crippen molar-refractivity contribution in [2.45, 2.75) is 70.5 Å². The quantitative estimate of drug-likeness (QED) is 0.662. The Labute approximate surface area is 112 Å². The van der Waals surface area contributed by atoms with Crippen molar-refractivity contribution in [1.82, 2.24) is 4.90 Å². The average Bonchev–Trinajstić information content (AvgIpc) is 2.28. The summed E-state index contributed by atoms with van der Waals surface area (Å²) in [5, 5.41) is 0. The summed E-state index contributed by atoms with van der Waals surface area (Å²) in [7, 11) is 0. The second kappa shape index (κ2) is 5.63. The van der Waals surface area contributed by atoms with E-state index in [0.29, 0.717) is 0 Å². The van der Waals surface area contributed by atoms with Gasteiger partial charge in [-0.15, -0.1) is 0 Å². The normalized spacial score (nSPS) is 32.6. The molecule has 2 aliphatic rings. The number of likely N-dealkylation sites (tertiary alicyclic amines) is 1. The summed E-state index contributed by atoms with van der Waals surface area (Å²) in [5.41, 5.74) is -0.232. The zero-order chi connectivity index (χ0) is 13.1. The minimum atomic E-state index is -0.225. The monoisotopic (exact) mass is 249 g/mol. The van der Waals surface area contributed by atoms with E-state index in [1.165, 1.54) is 38.8 Å². The van der Waals surface area contributed by atoms with E-state index in [-0.39, 0.29) is 11.2 Å². The predicted molar refractivity (Wildman–Crippen MR) is 75.5 cm³/mol. The molecule has 2 saturated heterocycles. The van der Waals surface area contributed by atoms with Gasteiger partial charge in [0.2, 0.25) is 0 Å². The van der Waals surface area contributed by atoms with Crippen molar-refractivity contribution in [3.63, 3.8) is 0 Å². The Kier molecular flexibility index (Phi) is 4.35. The molecule has 0 spiro atoms. The van der Waals surface area contributed by atoms with Gasteiger partial charge in [-0.1, -0.05) is 18.3 Å². The number of ether oxygens (including phenoxy) is 1. The van der Waals surface area contributed by atoms with Crippen molar-refractivity contribution in [3.8, 4) is 11.8 Å². The van der Waals surface area contributed by atoms with E-state index in [4.69, 9.17) is 4.74 Å². The standard InChI is InChI=1S/C16H27NO/c1-15(2)9-7-10-16(3,18-15)11-8-14-17-12-5-4-6-13-17/h4-7,9-10,12-14H2,1-3H3/t16-/m0/s1. The van der Waals surface area contributed by atoms with Crippen LogP contribution in [-0.2, 0) is 4.74 Å². The van der Waals surface area contributed by atoms with E-state index in [9.17, 15) is 0 Å². The third kappa shape index (κ3) is 4.00. The number of hydrogen-bond acceptors (Lipinski definition) is 2. The fraction of sp³-hybridized carbons (Fsp3) is 0.875. The molecule has 0 aromatic carbocycles. The molecule has 2 fully saturated rings. The molecule has 0 aromatic rings. The van der Waals surface area contributed by atoms with Gasteiger partial charge in [0.1, 0.15) is 5.60 Å². The minimum Gasteiger partial charge on any atom is -0.357 e. The van der Waals surface area contributed by atoms with Crippen molar-refractivity contribution >= 4 is 0 Å². The van der Waals surface area contributed by atoms with E-state index < -0.39 is 0 Å². The predicted octanol–water partition coefficient (Wildman–Crippen LogP) is 3.21. The van der Waals surface area contributed by atoms with Crippen LogP contribution in [0.15, 0.2) is 0 Å². The van der Waals surface area contributed by atoms with Gasteiger partial charge in [0.15, 0.2) is 0 Å². The molecule has 2 aliphatic heterocycles. The molecule has 0 aliphatic carbocycles. The number of hydrogen-bond donors (Lipinski definition) is 0. The molecule has 0 bridgehead atoms. The Morgan fingerprint density at radius 2 is 1.72 bits per heavy atom. The smallest absolute Gasteiger partial charge is 0.126 e. The Morgan fingerprint density at radius 3 is 2.39 bits per heavy atom. The van der Waals surface area contributed by atoms with E-state index in [2.05, 4.69) is 37.5 Å². The molecule has 0 radical (unpaired) electrons. The van der Waals surface area contributed by atoms with Crippen LogP contribution in [0.25, 0.3) is 0 Å². The van der Waals surface area contributed by atoms with Gasteiger partial charge in [-0.2, -0.15) is 0 Å². The lowest BCUT2D eigenvalue weighted by molar-refractivity contribution is -0.135. The Morgan fingerprint density at radius 1 is 1.00 bits per heavy atom. The van der Waals surface area contributed by atoms with Gasteiger partial charge in [-0.3, -0.25) is 4.90 Å². The van der Waals surface area contributed by atoms with Crippen molar-refractivity contribution in [2.24, 2.45) is 0 Å². The summed E-state index contributed by atoms with van der Waals surface area (Å²) in [6.07, 6.45) is 7.51. The van der Waals surface area contributed by atoms with E-state index >= 15 is 0 Å². The van der Waals surface area contributed by atoms with Gasteiger partial charge in [0.25, 0.3) is 0 Å². The van der Waals surface area contributed by atoms with Gasteiger partial charge < -0.3 is 4.74 Å². The lowest BCUT2D eigenvalue weighted by Gasteiger charge is -2.40. The summed E-state index contributed by atoms with van der Waals surface area (Å²) in [4.78, 5) is 2.47. The Balaban J connectivity index is 1.87. The topological polar surface area (TPSA) is 12.5 Å². The number of piperidine rings is 1. The van der Waals surface area contributed by atoms with Crippen molar-refractivity contribution in [2.75, 3.05) is 19.6 Å². The Hall–Kier alpha value is -0.520. The molecule has 2 nitrogen and oxygen atoms in total. The molecule has 0 N–H and O–H groups in total. The summed E-state index contributed by atoms with van der Waals surface area (Å²) in [5.74, 6) is 6.74. The molecule has 0 amide bonds. The van der Waals surface area contributed by atoms with Gasteiger partial charge in [0.05, 0.1) is 12.1 Å².